The fraction of sp³-hybridized carbons (Fsp3) is 0.467. The van der Waals surface area contributed by atoms with Gasteiger partial charge in [-0.15, -0.1) is 0 Å². The fourth-order valence-electron chi connectivity index (χ4n) is 1.99. The molecule has 1 amide bonds. The van der Waals surface area contributed by atoms with Crippen molar-refractivity contribution in [3.63, 3.8) is 0 Å². The van der Waals surface area contributed by atoms with Crippen molar-refractivity contribution in [3.05, 3.63) is 34.1 Å². The van der Waals surface area contributed by atoms with Crippen molar-refractivity contribution in [2.75, 3.05) is 6.54 Å². The first kappa shape index (κ1) is 17.6. The van der Waals surface area contributed by atoms with E-state index in [0.717, 1.165) is 0 Å². The van der Waals surface area contributed by atoms with Gasteiger partial charge in [0, 0.05) is 11.0 Å². The van der Waals surface area contributed by atoms with Crippen LogP contribution in [0.2, 0.25) is 0 Å². The molecule has 1 rings (SSSR count). The van der Waals surface area contributed by atoms with Gasteiger partial charge in [-0.05, 0) is 36.1 Å². The van der Waals surface area contributed by atoms with Crippen molar-refractivity contribution >= 4 is 27.8 Å². The Balaban J connectivity index is 2.57. The van der Waals surface area contributed by atoms with Crippen LogP contribution in [-0.2, 0) is 16.0 Å². The minimum atomic E-state index is -0.920. The lowest BCUT2D eigenvalue weighted by molar-refractivity contribution is -0.142. The summed E-state index contributed by atoms with van der Waals surface area (Å²) in [6.07, 6.45) is 0.506. The maximum atomic E-state index is 13.1. The number of nitrogens with one attached hydrogen (secondary N) is 1. The molecule has 1 atom stereocenters. The van der Waals surface area contributed by atoms with Crippen LogP contribution in [0.25, 0.3) is 0 Å². The molecule has 0 bridgehead atoms. The molecule has 0 heterocycles. The van der Waals surface area contributed by atoms with Gasteiger partial charge in [-0.3, -0.25) is 9.59 Å². The van der Waals surface area contributed by atoms with Crippen LogP contribution in [0.5, 0.6) is 0 Å². The molecule has 4 nitrogen and oxygen atoms in total. The molecular weight excluding hydrogens is 341 g/mol. The molecule has 21 heavy (non-hydrogen) atoms. The number of carbonyl (C=O) groups is 2. The van der Waals surface area contributed by atoms with E-state index in [-0.39, 0.29) is 24.8 Å². The van der Waals surface area contributed by atoms with Crippen LogP contribution < -0.4 is 5.32 Å². The van der Waals surface area contributed by atoms with Gasteiger partial charge in [0.15, 0.2) is 0 Å². The normalized spacial score (nSPS) is 12.2. The molecule has 0 aromatic heterocycles. The lowest BCUT2D eigenvalue weighted by Gasteiger charge is -2.15. The molecule has 1 unspecified atom stereocenters. The monoisotopic (exact) mass is 359 g/mol. The Hall–Kier alpha value is -1.43. The van der Waals surface area contributed by atoms with E-state index in [2.05, 4.69) is 21.2 Å². The lowest BCUT2D eigenvalue weighted by atomic mass is 9.97. The van der Waals surface area contributed by atoms with Crippen LogP contribution in [0, 0.1) is 17.7 Å². The summed E-state index contributed by atoms with van der Waals surface area (Å²) in [6, 6.07) is 4.12. The molecule has 0 radical (unpaired) electrons. The number of benzene rings is 1. The Bertz CT molecular complexity index is 520. The van der Waals surface area contributed by atoms with Gasteiger partial charge >= 0.3 is 5.97 Å². The third kappa shape index (κ3) is 6.25. The highest BCUT2D eigenvalue weighted by atomic mass is 79.9. The lowest BCUT2D eigenvalue weighted by Crippen LogP contribution is -2.34. The Kier molecular flexibility index (Phi) is 6.81. The van der Waals surface area contributed by atoms with Gasteiger partial charge in [-0.2, -0.15) is 0 Å². The highest BCUT2D eigenvalue weighted by Gasteiger charge is 2.19. The summed E-state index contributed by atoms with van der Waals surface area (Å²) < 4.78 is 13.8. The Labute approximate surface area is 131 Å². The standard InChI is InChI=1S/C15H19BrFNO3/c1-9(2)5-11(15(20)21)8-18-14(19)7-10-6-12(17)3-4-13(10)16/h3-4,6,9,11H,5,7-8H2,1-2H3,(H,18,19)(H,20,21). The zero-order valence-electron chi connectivity index (χ0n) is 12.0. The molecule has 2 N–H and O–H groups in total. The second-order valence-corrected chi connectivity index (χ2v) is 6.24. The first-order valence-electron chi connectivity index (χ1n) is 6.73. The Morgan fingerprint density at radius 3 is 2.62 bits per heavy atom. The predicted octanol–water partition coefficient (Wildman–Crippen LogP) is 2.99. The summed E-state index contributed by atoms with van der Waals surface area (Å²) in [5.41, 5.74) is 0.531. The smallest absolute Gasteiger partial charge is 0.308 e. The van der Waals surface area contributed by atoms with Gasteiger partial charge in [0.05, 0.1) is 12.3 Å². The number of hydrogen-bond acceptors (Lipinski definition) is 2. The molecular formula is C15H19BrFNO3. The molecule has 0 saturated heterocycles. The average molecular weight is 360 g/mol. The van der Waals surface area contributed by atoms with E-state index < -0.39 is 17.7 Å². The average Bonchev–Trinajstić information content (AvgIpc) is 2.38. The minimum absolute atomic E-state index is 0.00631. The molecule has 1 aromatic rings. The molecule has 116 valence electrons. The maximum Gasteiger partial charge on any atom is 0.308 e. The summed E-state index contributed by atoms with van der Waals surface area (Å²) in [4.78, 5) is 22.9. The van der Waals surface area contributed by atoms with E-state index in [0.29, 0.717) is 16.5 Å². The molecule has 1 aromatic carbocycles. The second kappa shape index (κ2) is 8.12. The zero-order valence-corrected chi connectivity index (χ0v) is 13.6. The Morgan fingerprint density at radius 2 is 2.05 bits per heavy atom. The summed E-state index contributed by atoms with van der Waals surface area (Å²) in [5, 5.41) is 11.7. The highest BCUT2D eigenvalue weighted by Crippen LogP contribution is 2.18. The number of aliphatic carboxylic acids is 1. The van der Waals surface area contributed by atoms with E-state index in [1.54, 1.807) is 0 Å². The van der Waals surface area contributed by atoms with E-state index in [9.17, 15) is 14.0 Å². The summed E-state index contributed by atoms with van der Waals surface area (Å²) in [6.45, 7) is 3.95. The molecule has 0 aliphatic heterocycles. The summed E-state index contributed by atoms with van der Waals surface area (Å²) in [5.74, 6) is -2.03. The van der Waals surface area contributed by atoms with E-state index >= 15 is 0 Å². The number of carboxylic acids is 1. The largest absolute Gasteiger partial charge is 0.481 e. The second-order valence-electron chi connectivity index (χ2n) is 5.38. The molecule has 0 saturated carbocycles. The predicted molar refractivity (Wildman–Crippen MR) is 81.4 cm³/mol. The van der Waals surface area contributed by atoms with Crippen molar-refractivity contribution in [1.82, 2.24) is 5.32 Å². The third-order valence-corrected chi connectivity index (χ3v) is 3.78. The zero-order chi connectivity index (χ0) is 16.0. The van der Waals surface area contributed by atoms with Crippen LogP contribution in [0.4, 0.5) is 4.39 Å². The van der Waals surface area contributed by atoms with E-state index in [4.69, 9.17) is 5.11 Å². The van der Waals surface area contributed by atoms with Crippen LogP contribution in [-0.4, -0.2) is 23.5 Å². The number of amides is 1. The molecule has 0 aliphatic carbocycles. The summed E-state index contributed by atoms with van der Waals surface area (Å²) in [7, 11) is 0. The van der Waals surface area contributed by atoms with Gasteiger partial charge in [0.1, 0.15) is 5.82 Å². The van der Waals surface area contributed by atoms with Crippen LogP contribution in [0.15, 0.2) is 22.7 Å². The van der Waals surface area contributed by atoms with Crippen LogP contribution in [0.3, 0.4) is 0 Å². The van der Waals surface area contributed by atoms with Crippen molar-refractivity contribution in [2.45, 2.75) is 26.7 Å². The van der Waals surface area contributed by atoms with Crippen LogP contribution in [0.1, 0.15) is 25.8 Å². The minimum Gasteiger partial charge on any atom is -0.481 e. The van der Waals surface area contributed by atoms with Crippen molar-refractivity contribution in [2.24, 2.45) is 11.8 Å². The number of carboxylic acid groups (broad SMARTS) is 1. The molecule has 0 aliphatic rings. The molecule has 6 heteroatoms. The van der Waals surface area contributed by atoms with E-state index in [1.807, 2.05) is 13.8 Å². The van der Waals surface area contributed by atoms with Gasteiger partial charge in [-0.1, -0.05) is 29.8 Å². The number of carbonyl (C=O) groups excluding carboxylic acids is 1. The Morgan fingerprint density at radius 1 is 1.38 bits per heavy atom. The number of rotatable bonds is 7. The topological polar surface area (TPSA) is 66.4 Å². The summed E-state index contributed by atoms with van der Waals surface area (Å²) >= 11 is 3.25. The van der Waals surface area contributed by atoms with Crippen LogP contribution >= 0.6 is 15.9 Å². The van der Waals surface area contributed by atoms with Crippen molar-refractivity contribution in [3.8, 4) is 0 Å². The quantitative estimate of drug-likeness (QED) is 0.786. The van der Waals surface area contributed by atoms with Gasteiger partial charge in [-0.25, -0.2) is 4.39 Å². The molecule has 0 spiro atoms. The van der Waals surface area contributed by atoms with Crippen molar-refractivity contribution in [1.29, 1.82) is 0 Å². The number of halogens is 2. The number of hydrogen-bond donors (Lipinski definition) is 2. The third-order valence-electron chi connectivity index (χ3n) is 3.01. The first-order chi connectivity index (χ1) is 9.79. The van der Waals surface area contributed by atoms with Gasteiger partial charge in [0.2, 0.25) is 5.91 Å². The maximum absolute atomic E-state index is 13.1. The van der Waals surface area contributed by atoms with Gasteiger partial charge in [0.25, 0.3) is 0 Å². The fourth-order valence-corrected chi connectivity index (χ4v) is 2.38. The van der Waals surface area contributed by atoms with E-state index in [1.165, 1.54) is 18.2 Å². The SMILES string of the molecule is CC(C)CC(CNC(=O)Cc1cc(F)ccc1Br)C(=O)O. The first-order valence-corrected chi connectivity index (χ1v) is 7.52. The molecule has 0 fully saturated rings. The highest BCUT2D eigenvalue weighted by molar-refractivity contribution is 9.10. The van der Waals surface area contributed by atoms with Crippen molar-refractivity contribution < 1.29 is 19.1 Å². The van der Waals surface area contributed by atoms with Gasteiger partial charge < -0.3 is 10.4 Å².